The molecule has 0 unspecified atom stereocenters. The number of likely N-dealkylation sites (tertiary alicyclic amines) is 1. The molecule has 0 spiro atoms. The summed E-state index contributed by atoms with van der Waals surface area (Å²) in [7, 11) is 0. The lowest BCUT2D eigenvalue weighted by Gasteiger charge is -2.47. The molecule has 3 aliphatic heterocycles. The predicted octanol–water partition coefficient (Wildman–Crippen LogP) is 2.12. The van der Waals surface area contributed by atoms with Gasteiger partial charge in [0.25, 0.3) is 0 Å². The van der Waals surface area contributed by atoms with E-state index in [0.29, 0.717) is 29.9 Å². The van der Waals surface area contributed by atoms with Gasteiger partial charge >= 0.3 is 0 Å². The third kappa shape index (κ3) is 7.60. The van der Waals surface area contributed by atoms with Gasteiger partial charge in [0, 0.05) is 49.5 Å². The average molecular weight is 647 g/mol. The molecule has 2 aromatic carbocycles. The minimum Gasteiger partial charge on any atom is -0.486 e. The summed E-state index contributed by atoms with van der Waals surface area (Å²) in [6.45, 7) is 5.74. The van der Waals surface area contributed by atoms with Crippen LogP contribution in [0.5, 0.6) is 5.75 Å². The molecule has 3 aliphatic rings. The van der Waals surface area contributed by atoms with E-state index in [-0.39, 0.29) is 49.3 Å². The van der Waals surface area contributed by atoms with Gasteiger partial charge in [0.05, 0.1) is 56.5 Å². The highest BCUT2D eigenvalue weighted by atomic mass is 19.1. The maximum Gasteiger partial charge on any atom is 0.230 e. The molecule has 14 heteroatoms. The maximum absolute atomic E-state index is 15.0. The Morgan fingerprint density at radius 1 is 1.17 bits per heavy atom. The number of piperidine rings is 1. The van der Waals surface area contributed by atoms with Gasteiger partial charge in [-0.3, -0.25) is 9.69 Å². The number of aliphatic hydroxyl groups excluding tert-OH is 2. The zero-order valence-electron chi connectivity index (χ0n) is 26.2. The SMILES string of the molecule is C[C@H](O)CC(=O)N1CC[C@H](Oc2ccc(-c3ncnc(Nc4ccc(N5CCN(C6COC6)[C@@H](CO)C5)cc4)n3)cc2C#N)[C@H](F)C1. The molecule has 4 atom stereocenters. The van der Waals surface area contributed by atoms with Crippen LogP contribution in [0.1, 0.15) is 25.3 Å². The Morgan fingerprint density at radius 2 is 1.98 bits per heavy atom. The molecular formula is C33H39FN8O5. The average Bonchev–Trinajstić information content (AvgIpc) is 3.05. The monoisotopic (exact) mass is 646 g/mol. The van der Waals surface area contributed by atoms with Crippen LogP contribution >= 0.6 is 0 Å². The largest absolute Gasteiger partial charge is 0.486 e. The number of benzene rings is 2. The van der Waals surface area contributed by atoms with E-state index >= 15 is 0 Å². The molecule has 0 saturated carbocycles. The summed E-state index contributed by atoms with van der Waals surface area (Å²) in [4.78, 5) is 31.3. The van der Waals surface area contributed by atoms with Gasteiger partial charge in [-0.15, -0.1) is 0 Å². The fourth-order valence-electron chi connectivity index (χ4n) is 6.19. The van der Waals surface area contributed by atoms with Gasteiger partial charge in [-0.05, 0) is 49.4 Å². The third-order valence-corrected chi connectivity index (χ3v) is 8.83. The normalized spacial score (nSPS) is 22.7. The van der Waals surface area contributed by atoms with Crippen molar-refractivity contribution in [3.05, 3.63) is 54.4 Å². The van der Waals surface area contributed by atoms with Gasteiger partial charge in [-0.25, -0.2) is 14.4 Å². The van der Waals surface area contributed by atoms with Crippen molar-refractivity contribution in [1.82, 2.24) is 24.8 Å². The van der Waals surface area contributed by atoms with E-state index in [9.17, 15) is 24.7 Å². The van der Waals surface area contributed by atoms with Gasteiger partial charge in [0.15, 0.2) is 12.0 Å². The van der Waals surface area contributed by atoms with E-state index in [0.717, 1.165) is 44.2 Å². The summed E-state index contributed by atoms with van der Waals surface area (Å²) in [5, 5.41) is 32.5. The fraction of sp³-hybridized carbons (Fsp3) is 0.485. The van der Waals surface area contributed by atoms with Crippen molar-refractivity contribution in [3.8, 4) is 23.2 Å². The Bertz CT molecular complexity index is 1580. The molecule has 1 aromatic heterocycles. The first-order valence-corrected chi connectivity index (χ1v) is 15.9. The molecule has 3 aromatic rings. The molecule has 0 bridgehead atoms. The number of hydrogen-bond acceptors (Lipinski definition) is 12. The second kappa shape index (κ2) is 14.6. The molecule has 3 N–H and O–H groups in total. The molecule has 1 amide bonds. The Morgan fingerprint density at radius 3 is 2.66 bits per heavy atom. The zero-order valence-corrected chi connectivity index (χ0v) is 26.2. The van der Waals surface area contributed by atoms with Crippen molar-refractivity contribution >= 4 is 23.2 Å². The van der Waals surface area contributed by atoms with Crippen LogP contribution in [-0.2, 0) is 9.53 Å². The smallest absolute Gasteiger partial charge is 0.230 e. The quantitative estimate of drug-likeness (QED) is 0.295. The Balaban J connectivity index is 1.07. The second-order valence-corrected chi connectivity index (χ2v) is 12.2. The van der Waals surface area contributed by atoms with Crippen LogP contribution in [0.4, 0.5) is 21.7 Å². The molecule has 0 radical (unpaired) electrons. The number of alkyl halides is 1. The van der Waals surface area contributed by atoms with Crippen molar-refractivity contribution in [2.45, 2.75) is 50.2 Å². The summed E-state index contributed by atoms with van der Waals surface area (Å²) in [5.74, 6) is 0.618. The number of piperazine rings is 1. The van der Waals surface area contributed by atoms with Crippen LogP contribution < -0.4 is 15.0 Å². The molecule has 3 fully saturated rings. The molecule has 47 heavy (non-hydrogen) atoms. The molecule has 0 aliphatic carbocycles. The van der Waals surface area contributed by atoms with Gasteiger partial charge in [-0.1, -0.05) is 0 Å². The number of carbonyl (C=O) groups excluding carboxylic acids is 1. The van der Waals surface area contributed by atoms with E-state index in [1.165, 1.54) is 18.2 Å². The van der Waals surface area contributed by atoms with Crippen LogP contribution in [0.3, 0.4) is 0 Å². The first kappa shape index (κ1) is 32.5. The van der Waals surface area contributed by atoms with Gasteiger partial charge < -0.3 is 34.8 Å². The zero-order chi connectivity index (χ0) is 32.9. The highest BCUT2D eigenvalue weighted by molar-refractivity contribution is 5.76. The molecule has 13 nitrogen and oxygen atoms in total. The number of nitriles is 1. The first-order valence-electron chi connectivity index (χ1n) is 15.9. The molecule has 248 valence electrons. The second-order valence-electron chi connectivity index (χ2n) is 12.2. The lowest BCUT2D eigenvalue weighted by molar-refractivity contribution is -0.136. The number of nitrogens with one attached hydrogen (secondary N) is 1. The summed E-state index contributed by atoms with van der Waals surface area (Å²) in [5.41, 5.74) is 2.63. The van der Waals surface area contributed by atoms with Crippen LogP contribution in [0.15, 0.2) is 48.8 Å². The van der Waals surface area contributed by atoms with Crippen molar-refractivity contribution in [1.29, 1.82) is 5.26 Å². The van der Waals surface area contributed by atoms with E-state index < -0.39 is 18.4 Å². The standard InChI is InChI=1S/C33H39FN8O5/c1-21(44)12-31(45)41-9-8-30(28(34)16-41)47-29-7-2-22(13-23(29)14-35)32-36-20-37-33(39-32)38-24-3-5-25(6-4-24)40-10-11-42(26(15-40)17-43)27-18-46-19-27/h2-7,13,20-21,26-28,30,43-44H,8-12,15-19H2,1H3,(H,36,37,38,39)/t21-,26+,28+,30-/m0/s1. The topological polar surface area (TPSA) is 160 Å². The Kier molecular flexibility index (Phi) is 10.1. The van der Waals surface area contributed by atoms with Gasteiger partial charge in [0.1, 0.15) is 24.3 Å². The Labute approximate surface area is 272 Å². The van der Waals surface area contributed by atoms with Crippen LogP contribution in [0, 0.1) is 11.3 Å². The number of hydrogen-bond donors (Lipinski definition) is 3. The van der Waals surface area contributed by atoms with Crippen molar-refractivity contribution < 1.29 is 28.9 Å². The number of halogens is 1. The minimum absolute atomic E-state index is 0.0551. The number of ether oxygens (including phenoxy) is 2. The maximum atomic E-state index is 15.0. The Hall–Kier alpha value is -4.42. The number of carbonyl (C=O) groups is 1. The highest BCUT2D eigenvalue weighted by Crippen LogP contribution is 2.29. The first-order chi connectivity index (χ1) is 22.8. The molecule has 4 heterocycles. The van der Waals surface area contributed by atoms with Crippen molar-refractivity contribution in [2.75, 3.05) is 62.8 Å². The molecular weight excluding hydrogens is 607 g/mol. The van der Waals surface area contributed by atoms with Crippen LogP contribution in [0.2, 0.25) is 0 Å². The van der Waals surface area contributed by atoms with Gasteiger partial charge in [0.2, 0.25) is 11.9 Å². The van der Waals surface area contributed by atoms with E-state index in [1.54, 1.807) is 18.2 Å². The fourth-order valence-corrected chi connectivity index (χ4v) is 6.19. The summed E-state index contributed by atoms with van der Waals surface area (Å²) >= 11 is 0. The summed E-state index contributed by atoms with van der Waals surface area (Å²) < 4.78 is 26.2. The number of nitrogens with zero attached hydrogens (tertiary/aromatic N) is 7. The lowest BCUT2D eigenvalue weighted by atomic mass is 10.0. The lowest BCUT2D eigenvalue weighted by Crippen LogP contribution is -2.62. The van der Waals surface area contributed by atoms with Gasteiger partial charge in [-0.2, -0.15) is 10.2 Å². The number of amides is 1. The van der Waals surface area contributed by atoms with E-state index in [4.69, 9.17) is 9.47 Å². The minimum atomic E-state index is -1.44. The third-order valence-electron chi connectivity index (χ3n) is 8.83. The van der Waals surface area contributed by atoms with Crippen LogP contribution in [-0.4, -0.2) is 124 Å². The molecule has 3 saturated heterocycles. The predicted molar refractivity (Wildman–Crippen MR) is 171 cm³/mol. The molecule has 6 rings (SSSR count). The number of anilines is 3. The number of aromatic nitrogens is 3. The number of rotatable bonds is 10. The number of aliphatic hydroxyl groups is 2. The highest BCUT2D eigenvalue weighted by Gasteiger charge is 2.36. The van der Waals surface area contributed by atoms with Crippen molar-refractivity contribution in [3.63, 3.8) is 0 Å². The van der Waals surface area contributed by atoms with E-state index in [2.05, 4.69) is 36.1 Å². The summed E-state index contributed by atoms with van der Waals surface area (Å²) in [6.07, 6.45) is -1.45. The van der Waals surface area contributed by atoms with Crippen LogP contribution in [0.25, 0.3) is 11.4 Å². The van der Waals surface area contributed by atoms with Crippen molar-refractivity contribution in [2.24, 2.45) is 0 Å². The van der Waals surface area contributed by atoms with E-state index in [1.807, 2.05) is 24.3 Å². The summed E-state index contributed by atoms with van der Waals surface area (Å²) in [6, 6.07) is 15.4.